The molecule has 0 aliphatic carbocycles. The van der Waals surface area contributed by atoms with Gasteiger partial charge in [0.1, 0.15) is 11.0 Å². The van der Waals surface area contributed by atoms with Gasteiger partial charge in [0.25, 0.3) is 0 Å². The predicted molar refractivity (Wildman–Crippen MR) is 108 cm³/mol. The van der Waals surface area contributed by atoms with Crippen molar-refractivity contribution in [2.24, 2.45) is 0 Å². The normalized spacial score (nSPS) is 10.5. The minimum atomic E-state index is -0.151. The second-order valence-corrected chi connectivity index (χ2v) is 7.97. The van der Waals surface area contributed by atoms with Gasteiger partial charge in [-0.05, 0) is 36.8 Å². The third-order valence-electron chi connectivity index (χ3n) is 3.81. The number of benzene rings is 3. The van der Waals surface area contributed by atoms with Gasteiger partial charge in [0, 0.05) is 0 Å². The molecular formula is C21H22N3P. The summed E-state index contributed by atoms with van der Waals surface area (Å²) >= 11 is 0. The Balaban J connectivity index is 0.000000170. The van der Waals surface area contributed by atoms with Crippen LogP contribution < -0.4 is 10.6 Å². The van der Waals surface area contributed by atoms with Crippen LogP contribution in [0.5, 0.6) is 0 Å². The van der Waals surface area contributed by atoms with Gasteiger partial charge in [0.2, 0.25) is 0 Å². The Hall–Kier alpha value is -2.51. The number of aromatic amines is 1. The predicted octanol–water partition coefficient (Wildman–Crippen LogP) is 4.49. The highest BCUT2D eigenvalue weighted by Crippen LogP contribution is 2.33. The number of H-pyrrole nitrogens is 1. The van der Waals surface area contributed by atoms with Crippen LogP contribution in [-0.2, 0) is 0 Å². The molecule has 0 radical (unpaired) electrons. The van der Waals surface area contributed by atoms with E-state index in [2.05, 4.69) is 83.0 Å². The first-order chi connectivity index (χ1) is 12.4. The Morgan fingerprint density at radius 3 is 1.56 bits per heavy atom. The van der Waals surface area contributed by atoms with Crippen molar-refractivity contribution in [2.45, 2.75) is 13.3 Å². The van der Waals surface area contributed by atoms with Gasteiger partial charge in [-0.2, -0.15) is 15.4 Å². The van der Waals surface area contributed by atoms with Gasteiger partial charge >= 0.3 is 0 Å². The molecule has 3 nitrogen and oxygen atoms in total. The number of hydrogen-bond acceptors (Lipinski definition) is 2. The van der Waals surface area contributed by atoms with Gasteiger partial charge in [-0.3, -0.25) is 0 Å². The van der Waals surface area contributed by atoms with Crippen molar-refractivity contribution in [2.75, 3.05) is 6.16 Å². The molecule has 0 bridgehead atoms. The first kappa shape index (κ1) is 17.3. The molecule has 0 spiro atoms. The van der Waals surface area contributed by atoms with Crippen LogP contribution in [0.3, 0.4) is 0 Å². The molecule has 0 saturated carbocycles. The third-order valence-corrected chi connectivity index (χ3v) is 6.54. The molecule has 126 valence electrons. The molecule has 25 heavy (non-hydrogen) atoms. The SMILES string of the molecule is CCCP(c1ccccc1)c1ccccc1.c1ccc2n[nH]nc2c1. The minimum absolute atomic E-state index is 0.151. The maximum absolute atomic E-state index is 3.88. The van der Waals surface area contributed by atoms with Crippen molar-refractivity contribution < 1.29 is 0 Å². The second-order valence-electron chi connectivity index (χ2n) is 5.64. The summed E-state index contributed by atoms with van der Waals surface area (Å²) in [4.78, 5) is 0. The van der Waals surface area contributed by atoms with E-state index in [1.807, 2.05) is 24.3 Å². The topological polar surface area (TPSA) is 41.6 Å². The molecule has 0 saturated heterocycles. The van der Waals surface area contributed by atoms with Crippen LogP contribution in [0.25, 0.3) is 11.0 Å². The molecule has 4 aromatic rings. The molecule has 0 fully saturated rings. The summed E-state index contributed by atoms with van der Waals surface area (Å²) in [5, 5.41) is 13.3. The minimum Gasteiger partial charge on any atom is -0.197 e. The zero-order valence-electron chi connectivity index (χ0n) is 14.3. The number of nitrogens with zero attached hydrogens (tertiary/aromatic N) is 2. The van der Waals surface area contributed by atoms with Crippen LogP contribution in [0, 0.1) is 0 Å². The number of rotatable bonds is 4. The second kappa shape index (κ2) is 9.10. The van der Waals surface area contributed by atoms with E-state index in [0.29, 0.717) is 0 Å². The summed E-state index contributed by atoms with van der Waals surface area (Å²) in [6, 6.07) is 29.5. The first-order valence-electron chi connectivity index (χ1n) is 8.51. The fraction of sp³-hybridized carbons (Fsp3) is 0.143. The monoisotopic (exact) mass is 347 g/mol. The number of fused-ring (bicyclic) bond motifs is 1. The third kappa shape index (κ3) is 4.74. The highest BCUT2D eigenvalue weighted by atomic mass is 31.1. The van der Waals surface area contributed by atoms with Gasteiger partial charge in [-0.25, -0.2) is 0 Å². The molecule has 3 aromatic carbocycles. The fourth-order valence-electron chi connectivity index (χ4n) is 2.63. The van der Waals surface area contributed by atoms with E-state index < -0.39 is 0 Å². The smallest absolute Gasteiger partial charge is 0.112 e. The first-order valence-corrected chi connectivity index (χ1v) is 10.0. The van der Waals surface area contributed by atoms with Crippen molar-refractivity contribution in [1.82, 2.24) is 15.4 Å². The molecule has 0 unspecified atom stereocenters. The molecule has 4 heteroatoms. The van der Waals surface area contributed by atoms with Crippen LogP contribution >= 0.6 is 7.92 Å². The molecule has 0 atom stereocenters. The zero-order valence-corrected chi connectivity index (χ0v) is 15.2. The summed E-state index contributed by atoms with van der Waals surface area (Å²) in [5.74, 6) is 0. The summed E-state index contributed by atoms with van der Waals surface area (Å²) in [5.41, 5.74) is 1.83. The standard InChI is InChI=1S/C15H17P.C6H5N3/c1-2-13-16(14-9-5-3-6-10-14)15-11-7-4-8-12-15;1-2-4-6-5(3-1)7-9-8-6/h3-12H,2,13H2,1H3;1-4H,(H,7,8,9). The van der Waals surface area contributed by atoms with E-state index >= 15 is 0 Å². The number of hydrogen-bond donors (Lipinski definition) is 1. The lowest BCUT2D eigenvalue weighted by Gasteiger charge is -2.17. The van der Waals surface area contributed by atoms with Crippen LogP contribution in [-0.4, -0.2) is 21.6 Å². The molecule has 1 heterocycles. The Labute approximate surface area is 149 Å². The highest BCUT2D eigenvalue weighted by molar-refractivity contribution is 7.73. The maximum atomic E-state index is 3.88. The van der Waals surface area contributed by atoms with Crippen molar-refractivity contribution in [1.29, 1.82) is 0 Å². The Kier molecular flexibility index (Phi) is 6.30. The van der Waals surface area contributed by atoms with E-state index in [4.69, 9.17) is 0 Å². The molecule has 1 N–H and O–H groups in total. The molecule has 0 aliphatic heterocycles. The molecular weight excluding hydrogens is 325 g/mol. The summed E-state index contributed by atoms with van der Waals surface area (Å²) in [6.07, 6.45) is 2.53. The number of para-hydroxylation sites is 2. The summed E-state index contributed by atoms with van der Waals surface area (Å²) < 4.78 is 0. The van der Waals surface area contributed by atoms with Gasteiger partial charge in [-0.15, -0.1) is 0 Å². The van der Waals surface area contributed by atoms with Gasteiger partial charge in [-0.1, -0.05) is 86.1 Å². The highest BCUT2D eigenvalue weighted by Gasteiger charge is 2.11. The largest absolute Gasteiger partial charge is 0.197 e. The fourth-order valence-corrected chi connectivity index (χ4v) is 4.96. The average molecular weight is 347 g/mol. The summed E-state index contributed by atoms with van der Waals surface area (Å²) in [7, 11) is -0.151. The molecule has 0 amide bonds. The van der Waals surface area contributed by atoms with Crippen LogP contribution in [0.1, 0.15) is 13.3 Å². The Bertz CT molecular complexity index is 805. The van der Waals surface area contributed by atoms with E-state index in [9.17, 15) is 0 Å². The van der Waals surface area contributed by atoms with Crippen molar-refractivity contribution in [3.05, 3.63) is 84.9 Å². The number of aromatic nitrogens is 3. The quantitative estimate of drug-likeness (QED) is 0.553. The van der Waals surface area contributed by atoms with Crippen LogP contribution in [0.2, 0.25) is 0 Å². The van der Waals surface area contributed by atoms with Crippen LogP contribution in [0.15, 0.2) is 84.9 Å². The van der Waals surface area contributed by atoms with E-state index in [-0.39, 0.29) is 7.92 Å². The Morgan fingerprint density at radius 1 is 0.680 bits per heavy atom. The molecule has 4 rings (SSSR count). The molecule has 1 aromatic heterocycles. The van der Waals surface area contributed by atoms with Crippen LogP contribution in [0.4, 0.5) is 0 Å². The lowest BCUT2D eigenvalue weighted by atomic mass is 10.3. The van der Waals surface area contributed by atoms with E-state index in [0.717, 1.165) is 11.0 Å². The number of nitrogens with one attached hydrogen (secondary N) is 1. The van der Waals surface area contributed by atoms with Crippen molar-refractivity contribution >= 4 is 29.6 Å². The van der Waals surface area contributed by atoms with E-state index in [1.165, 1.54) is 23.2 Å². The maximum Gasteiger partial charge on any atom is 0.112 e. The van der Waals surface area contributed by atoms with Gasteiger partial charge in [0.05, 0.1) is 0 Å². The average Bonchev–Trinajstić information content (AvgIpc) is 3.17. The zero-order chi connectivity index (χ0) is 17.3. The molecule has 0 aliphatic rings. The lowest BCUT2D eigenvalue weighted by molar-refractivity contribution is 0.959. The van der Waals surface area contributed by atoms with Crippen molar-refractivity contribution in [3.63, 3.8) is 0 Å². The summed E-state index contributed by atoms with van der Waals surface area (Å²) in [6.45, 7) is 2.27. The van der Waals surface area contributed by atoms with Gasteiger partial charge < -0.3 is 0 Å². The van der Waals surface area contributed by atoms with Crippen molar-refractivity contribution in [3.8, 4) is 0 Å². The lowest BCUT2D eigenvalue weighted by Crippen LogP contribution is -2.13. The Morgan fingerprint density at radius 2 is 1.12 bits per heavy atom. The van der Waals surface area contributed by atoms with E-state index in [1.54, 1.807) is 0 Å². The van der Waals surface area contributed by atoms with Gasteiger partial charge in [0.15, 0.2) is 0 Å².